The van der Waals surface area contributed by atoms with Crippen molar-refractivity contribution in [1.29, 1.82) is 0 Å². The predicted octanol–water partition coefficient (Wildman–Crippen LogP) is 19.9. The molecular weight excluding hydrogens is 1010 g/mol. The summed E-state index contributed by atoms with van der Waals surface area (Å²) in [5, 5.41) is 54.8. The monoisotopic (exact) mass is 1150 g/mol. The number of ether oxygens (including phenoxy) is 2. The highest BCUT2D eigenvalue weighted by Gasteiger charge is 2.44. The smallest absolute Gasteiger partial charge is 0.220 e. The topological polar surface area (TPSA) is 149 Å². The minimum atomic E-state index is -1.56. The Morgan fingerprint density at radius 3 is 0.963 bits per heavy atom. The summed E-state index contributed by atoms with van der Waals surface area (Å²) in [6.07, 6.45) is 73.3. The van der Waals surface area contributed by atoms with Crippen molar-refractivity contribution in [2.45, 2.75) is 429 Å². The molecule has 7 unspecified atom stereocenters. The molecule has 1 aliphatic rings. The number of unbranched alkanes of at least 4 members (excludes halogenated alkanes) is 55. The van der Waals surface area contributed by atoms with Gasteiger partial charge in [0.15, 0.2) is 6.29 Å². The van der Waals surface area contributed by atoms with Crippen LogP contribution in [0.2, 0.25) is 0 Å². The molecule has 482 valence electrons. The molecule has 0 bridgehead atoms. The van der Waals surface area contributed by atoms with Gasteiger partial charge in [0.2, 0.25) is 5.91 Å². The van der Waals surface area contributed by atoms with Gasteiger partial charge in [0.05, 0.1) is 25.4 Å². The molecule has 0 radical (unpaired) electrons. The van der Waals surface area contributed by atoms with Crippen molar-refractivity contribution in [2.24, 2.45) is 0 Å². The summed E-state index contributed by atoms with van der Waals surface area (Å²) in [4.78, 5) is 13.1. The Balaban J connectivity index is 2.10. The lowest BCUT2D eigenvalue weighted by molar-refractivity contribution is -0.302. The zero-order valence-corrected chi connectivity index (χ0v) is 54.1. The molecule has 0 saturated carbocycles. The van der Waals surface area contributed by atoms with E-state index in [2.05, 4.69) is 19.2 Å². The van der Waals surface area contributed by atoms with Crippen LogP contribution < -0.4 is 5.32 Å². The summed E-state index contributed by atoms with van der Waals surface area (Å²) in [6.45, 7) is 3.85. The Kier molecular flexibility index (Phi) is 59.7. The van der Waals surface area contributed by atoms with Gasteiger partial charge in [-0.2, -0.15) is 0 Å². The van der Waals surface area contributed by atoms with Gasteiger partial charge in [-0.3, -0.25) is 4.79 Å². The van der Waals surface area contributed by atoms with Gasteiger partial charge in [-0.05, 0) is 19.3 Å². The van der Waals surface area contributed by atoms with Crippen molar-refractivity contribution >= 4 is 5.91 Å². The molecular formula is C72H141NO8. The molecule has 7 atom stereocenters. The number of carbonyl (C=O) groups is 1. The quantitative estimate of drug-likeness (QED) is 0.0261. The molecule has 9 nitrogen and oxygen atoms in total. The van der Waals surface area contributed by atoms with Crippen molar-refractivity contribution in [3.05, 3.63) is 12.2 Å². The predicted molar refractivity (Wildman–Crippen MR) is 346 cm³/mol. The number of aliphatic hydroxyl groups is 5. The minimum Gasteiger partial charge on any atom is -0.394 e. The number of aliphatic hydroxyl groups excluding tert-OH is 5. The normalized spacial score (nSPS) is 18.3. The maximum atomic E-state index is 13.1. The number of hydrogen-bond donors (Lipinski definition) is 6. The SMILES string of the molecule is CCCCCCCCCCCCCCCCCCCCCCCCCCCCCCCC/C=C/C(O)C(COC1OC(CO)C(O)C(O)C1O)NC(=O)CCCCCCCCCCCCCCCCCCCCCCCCCCCC. The molecule has 0 aromatic heterocycles. The van der Waals surface area contributed by atoms with Crippen LogP contribution in [0.25, 0.3) is 0 Å². The van der Waals surface area contributed by atoms with Crippen LogP contribution in [0.3, 0.4) is 0 Å². The fraction of sp³-hybridized carbons (Fsp3) is 0.958. The number of amides is 1. The van der Waals surface area contributed by atoms with Crippen LogP contribution in [-0.4, -0.2) is 87.5 Å². The van der Waals surface area contributed by atoms with Crippen LogP contribution >= 0.6 is 0 Å². The van der Waals surface area contributed by atoms with E-state index in [-0.39, 0.29) is 12.5 Å². The molecule has 0 aliphatic carbocycles. The number of rotatable bonds is 65. The van der Waals surface area contributed by atoms with E-state index >= 15 is 0 Å². The maximum absolute atomic E-state index is 13.1. The summed E-state index contributed by atoms with van der Waals surface area (Å²) in [6, 6.07) is -0.802. The van der Waals surface area contributed by atoms with E-state index in [0.717, 1.165) is 38.5 Å². The van der Waals surface area contributed by atoms with Crippen LogP contribution in [0.1, 0.15) is 386 Å². The molecule has 9 heteroatoms. The molecule has 1 heterocycles. The zero-order valence-electron chi connectivity index (χ0n) is 54.1. The summed E-state index contributed by atoms with van der Waals surface area (Å²) >= 11 is 0. The first-order chi connectivity index (χ1) is 39.8. The largest absolute Gasteiger partial charge is 0.394 e. The highest BCUT2D eigenvalue weighted by molar-refractivity contribution is 5.76. The van der Waals surface area contributed by atoms with Crippen molar-refractivity contribution in [3.8, 4) is 0 Å². The van der Waals surface area contributed by atoms with E-state index < -0.39 is 49.5 Å². The highest BCUT2D eigenvalue weighted by Crippen LogP contribution is 2.24. The molecule has 1 rings (SSSR count). The van der Waals surface area contributed by atoms with Crippen LogP contribution in [0.15, 0.2) is 12.2 Å². The Labute approximate surface area is 503 Å². The minimum absolute atomic E-state index is 0.166. The standard InChI is InChI=1S/C72H141NO8/c1-3-5-7-9-11-13-15-17-19-21-23-25-27-29-31-32-33-34-35-36-37-39-41-43-45-47-49-51-53-55-57-59-61-66(75)65(64-80-72-71(79)70(78)69(77)67(63-74)81-72)73-68(76)62-60-58-56-54-52-50-48-46-44-42-40-38-30-28-26-24-22-20-18-16-14-12-10-8-6-4-2/h59,61,65-67,69-72,74-75,77-79H,3-58,60,62-64H2,1-2H3,(H,73,76)/b61-59+. The Morgan fingerprint density at radius 2 is 0.679 bits per heavy atom. The average molecular weight is 1150 g/mol. The first kappa shape index (κ1) is 77.9. The van der Waals surface area contributed by atoms with E-state index in [4.69, 9.17) is 9.47 Å². The zero-order chi connectivity index (χ0) is 58.6. The molecule has 0 aromatic carbocycles. The summed E-state index contributed by atoms with van der Waals surface area (Å²) in [7, 11) is 0. The molecule has 1 saturated heterocycles. The second-order valence-corrected chi connectivity index (χ2v) is 25.8. The Bertz CT molecular complexity index is 1280. The number of allylic oxidation sites excluding steroid dienone is 1. The third-order valence-corrected chi connectivity index (χ3v) is 17.9. The lowest BCUT2D eigenvalue weighted by atomic mass is 9.99. The van der Waals surface area contributed by atoms with Crippen LogP contribution in [0.4, 0.5) is 0 Å². The van der Waals surface area contributed by atoms with Crippen LogP contribution in [0, 0.1) is 0 Å². The second kappa shape index (κ2) is 62.0. The van der Waals surface area contributed by atoms with Crippen LogP contribution in [-0.2, 0) is 14.3 Å². The van der Waals surface area contributed by atoms with Gasteiger partial charge >= 0.3 is 0 Å². The third-order valence-electron chi connectivity index (χ3n) is 17.9. The molecule has 6 N–H and O–H groups in total. The van der Waals surface area contributed by atoms with Crippen molar-refractivity contribution in [1.82, 2.24) is 5.32 Å². The van der Waals surface area contributed by atoms with Gasteiger partial charge in [-0.15, -0.1) is 0 Å². The van der Waals surface area contributed by atoms with E-state index in [1.165, 1.54) is 327 Å². The summed E-state index contributed by atoms with van der Waals surface area (Å²) < 4.78 is 11.3. The lowest BCUT2D eigenvalue weighted by Gasteiger charge is -2.40. The molecule has 0 spiro atoms. The summed E-state index contributed by atoms with van der Waals surface area (Å²) in [5.74, 6) is -0.166. The fourth-order valence-electron chi connectivity index (χ4n) is 12.2. The van der Waals surface area contributed by atoms with Crippen molar-refractivity contribution < 1.29 is 39.8 Å². The van der Waals surface area contributed by atoms with Crippen molar-refractivity contribution in [3.63, 3.8) is 0 Å². The molecule has 81 heavy (non-hydrogen) atoms. The maximum Gasteiger partial charge on any atom is 0.220 e. The third kappa shape index (κ3) is 50.8. The van der Waals surface area contributed by atoms with E-state index in [1.807, 2.05) is 6.08 Å². The van der Waals surface area contributed by atoms with E-state index in [9.17, 15) is 30.3 Å². The van der Waals surface area contributed by atoms with E-state index in [1.54, 1.807) is 6.08 Å². The molecule has 1 aliphatic heterocycles. The van der Waals surface area contributed by atoms with E-state index in [0.29, 0.717) is 6.42 Å². The first-order valence-corrected chi connectivity index (χ1v) is 36.4. The van der Waals surface area contributed by atoms with Gasteiger partial charge in [0.1, 0.15) is 24.4 Å². The van der Waals surface area contributed by atoms with Gasteiger partial charge in [0.25, 0.3) is 0 Å². The first-order valence-electron chi connectivity index (χ1n) is 36.4. The molecule has 1 fully saturated rings. The fourth-order valence-corrected chi connectivity index (χ4v) is 12.2. The second-order valence-electron chi connectivity index (χ2n) is 25.8. The number of nitrogens with one attached hydrogen (secondary N) is 1. The van der Waals surface area contributed by atoms with Crippen molar-refractivity contribution in [2.75, 3.05) is 13.2 Å². The Hall–Kier alpha value is -1.07. The van der Waals surface area contributed by atoms with Gasteiger partial charge in [-0.25, -0.2) is 0 Å². The molecule has 1 amide bonds. The van der Waals surface area contributed by atoms with Gasteiger partial charge in [-0.1, -0.05) is 373 Å². The number of hydrogen-bond acceptors (Lipinski definition) is 8. The Morgan fingerprint density at radius 1 is 0.407 bits per heavy atom. The average Bonchev–Trinajstić information content (AvgIpc) is 3.51. The summed E-state index contributed by atoms with van der Waals surface area (Å²) in [5.41, 5.74) is 0. The van der Waals surface area contributed by atoms with Gasteiger partial charge in [0, 0.05) is 6.42 Å². The highest BCUT2D eigenvalue weighted by atomic mass is 16.7. The molecule has 0 aromatic rings. The van der Waals surface area contributed by atoms with Gasteiger partial charge < -0.3 is 40.3 Å². The van der Waals surface area contributed by atoms with Crippen LogP contribution in [0.5, 0.6) is 0 Å². The lowest BCUT2D eigenvalue weighted by Crippen LogP contribution is -2.60. The number of carbonyl (C=O) groups excluding carboxylic acids is 1.